The van der Waals surface area contributed by atoms with Gasteiger partial charge in [-0.1, -0.05) is 41.0 Å². The maximum Gasteiger partial charge on any atom is 0.321 e. The molecule has 8 heteroatoms. The van der Waals surface area contributed by atoms with Crippen LogP contribution in [0.25, 0.3) is 0 Å². The number of urea groups is 1. The van der Waals surface area contributed by atoms with E-state index in [1.54, 1.807) is 36.3 Å². The largest absolute Gasteiger partial charge is 0.496 e. The molecule has 2 aromatic carbocycles. The molecule has 0 radical (unpaired) electrons. The molecule has 2 heterocycles. The number of halogens is 1. The highest BCUT2D eigenvalue weighted by molar-refractivity contribution is 6.30. The van der Waals surface area contributed by atoms with E-state index >= 15 is 0 Å². The number of hydrogen-bond donors (Lipinski definition) is 1. The Balaban J connectivity index is 1.33. The molecule has 3 aromatic rings. The van der Waals surface area contributed by atoms with Crippen LogP contribution in [0.4, 0.5) is 10.5 Å². The maximum absolute atomic E-state index is 12.3. The molecule has 0 saturated carbocycles. The van der Waals surface area contributed by atoms with Gasteiger partial charge in [-0.15, -0.1) is 0 Å². The summed E-state index contributed by atoms with van der Waals surface area (Å²) in [6, 6.07) is 14.6. The zero-order valence-electron chi connectivity index (χ0n) is 15.3. The fourth-order valence-corrected chi connectivity index (χ4v) is 3.28. The predicted octanol–water partition coefficient (Wildman–Crippen LogP) is 3.95. The smallest absolute Gasteiger partial charge is 0.321 e. The van der Waals surface area contributed by atoms with Gasteiger partial charge in [0, 0.05) is 35.8 Å². The molecule has 7 nitrogen and oxygen atoms in total. The van der Waals surface area contributed by atoms with Gasteiger partial charge >= 0.3 is 6.03 Å². The van der Waals surface area contributed by atoms with E-state index in [4.69, 9.17) is 20.9 Å². The van der Waals surface area contributed by atoms with E-state index in [1.165, 1.54) is 0 Å². The first kappa shape index (κ1) is 18.3. The Labute approximate surface area is 167 Å². The molecule has 1 saturated heterocycles. The molecule has 4 rings (SSSR count). The number of nitrogens with zero attached hydrogens (tertiary/aromatic N) is 3. The Morgan fingerprint density at radius 1 is 1.29 bits per heavy atom. The molecule has 144 valence electrons. The second-order valence-electron chi connectivity index (χ2n) is 6.58. The van der Waals surface area contributed by atoms with Crippen LogP contribution in [0.3, 0.4) is 0 Å². The predicted molar refractivity (Wildman–Crippen MR) is 105 cm³/mol. The molecule has 1 aliphatic rings. The number of amides is 2. The first-order chi connectivity index (χ1) is 13.6. The number of ether oxygens (including phenoxy) is 1. The number of hydrogen-bond acceptors (Lipinski definition) is 5. The van der Waals surface area contributed by atoms with Crippen molar-refractivity contribution in [2.45, 2.75) is 12.3 Å². The first-order valence-corrected chi connectivity index (χ1v) is 9.26. The highest BCUT2D eigenvalue weighted by atomic mass is 35.5. The van der Waals surface area contributed by atoms with E-state index in [0.717, 1.165) is 11.3 Å². The third-order valence-electron chi connectivity index (χ3n) is 4.62. The zero-order chi connectivity index (χ0) is 19.5. The molecule has 0 aliphatic carbocycles. The van der Waals surface area contributed by atoms with Crippen LogP contribution in [-0.4, -0.2) is 41.3 Å². The van der Waals surface area contributed by atoms with Crippen molar-refractivity contribution in [3.05, 3.63) is 70.8 Å². The number of carbonyl (C=O) groups excluding carboxylic acids is 1. The minimum absolute atomic E-state index is 0.0454. The van der Waals surface area contributed by atoms with Crippen molar-refractivity contribution < 1.29 is 14.1 Å². The number of para-hydroxylation sites is 1. The number of rotatable bonds is 5. The molecule has 0 unspecified atom stereocenters. The minimum atomic E-state index is -0.174. The molecule has 28 heavy (non-hydrogen) atoms. The Kier molecular flexibility index (Phi) is 5.16. The Morgan fingerprint density at radius 2 is 2.11 bits per heavy atom. The quantitative estimate of drug-likeness (QED) is 0.703. The van der Waals surface area contributed by atoms with Gasteiger partial charge in [0.25, 0.3) is 0 Å². The van der Waals surface area contributed by atoms with Crippen molar-refractivity contribution in [3.63, 3.8) is 0 Å². The van der Waals surface area contributed by atoms with E-state index in [-0.39, 0.29) is 11.9 Å². The topological polar surface area (TPSA) is 80.5 Å². The lowest BCUT2D eigenvalue weighted by molar-refractivity contribution is 0.147. The molecule has 0 bridgehead atoms. The number of carbonyl (C=O) groups is 1. The van der Waals surface area contributed by atoms with Crippen LogP contribution in [0.15, 0.2) is 53.1 Å². The van der Waals surface area contributed by atoms with Crippen molar-refractivity contribution in [2.75, 3.05) is 25.5 Å². The van der Waals surface area contributed by atoms with Crippen LogP contribution in [0.1, 0.15) is 23.2 Å². The summed E-state index contributed by atoms with van der Waals surface area (Å²) in [4.78, 5) is 18.5. The van der Waals surface area contributed by atoms with Crippen molar-refractivity contribution in [1.82, 2.24) is 15.0 Å². The average Bonchev–Trinajstić information content (AvgIpc) is 3.09. The van der Waals surface area contributed by atoms with E-state index in [9.17, 15) is 4.79 Å². The minimum Gasteiger partial charge on any atom is -0.496 e. The third kappa shape index (κ3) is 3.94. The molecule has 1 aliphatic heterocycles. The highest BCUT2D eigenvalue weighted by Crippen LogP contribution is 2.27. The van der Waals surface area contributed by atoms with E-state index in [2.05, 4.69) is 15.5 Å². The van der Waals surface area contributed by atoms with Crippen molar-refractivity contribution in [1.29, 1.82) is 0 Å². The van der Waals surface area contributed by atoms with Crippen LogP contribution >= 0.6 is 11.6 Å². The lowest BCUT2D eigenvalue weighted by atomic mass is 10.0. The lowest BCUT2D eigenvalue weighted by Crippen LogP contribution is -2.50. The van der Waals surface area contributed by atoms with E-state index in [0.29, 0.717) is 41.9 Å². The van der Waals surface area contributed by atoms with Crippen LogP contribution in [0.5, 0.6) is 5.75 Å². The lowest BCUT2D eigenvalue weighted by Gasteiger charge is -2.36. The summed E-state index contributed by atoms with van der Waals surface area (Å²) in [5.41, 5.74) is 1.66. The van der Waals surface area contributed by atoms with Gasteiger partial charge in [-0.2, -0.15) is 4.98 Å². The van der Waals surface area contributed by atoms with Gasteiger partial charge in [0.05, 0.1) is 13.0 Å². The van der Waals surface area contributed by atoms with E-state index in [1.807, 2.05) is 24.3 Å². The maximum atomic E-state index is 12.3. The Bertz CT molecular complexity index is 985. The summed E-state index contributed by atoms with van der Waals surface area (Å²) in [5, 5.41) is 7.47. The van der Waals surface area contributed by atoms with Crippen LogP contribution in [-0.2, 0) is 6.42 Å². The average molecular weight is 399 g/mol. The standard InChI is InChI=1S/C20H19ClN4O3/c1-27-17-8-3-2-5-13(17)9-18-23-19(28-24-18)14-11-25(12-14)20(26)22-16-7-4-6-15(21)10-16/h2-8,10,14H,9,11-12H2,1H3,(H,22,26). The Morgan fingerprint density at radius 3 is 2.89 bits per heavy atom. The number of benzene rings is 2. The molecule has 1 N–H and O–H groups in total. The number of likely N-dealkylation sites (tertiary alicyclic amines) is 1. The van der Waals surface area contributed by atoms with Gasteiger partial charge in [0.2, 0.25) is 5.89 Å². The summed E-state index contributed by atoms with van der Waals surface area (Å²) < 4.78 is 10.8. The number of aromatic nitrogens is 2. The number of nitrogens with one attached hydrogen (secondary N) is 1. The number of methoxy groups -OCH3 is 1. The van der Waals surface area contributed by atoms with Crippen molar-refractivity contribution in [3.8, 4) is 5.75 Å². The van der Waals surface area contributed by atoms with Gasteiger partial charge in [0.1, 0.15) is 5.75 Å². The van der Waals surface area contributed by atoms with Gasteiger partial charge in [0.15, 0.2) is 5.82 Å². The van der Waals surface area contributed by atoms with Gasteiger partial charge in [-0.05, 0) is 24.3 Å². The summed E-state index contributed by atoms with van der Waals surface area (Å²) in [6.07, 6.45) is 0.527. The van der Waals surface area contributed by atoms with Crippen LogP contribution < -0.4 is 10.1 Å². The zero-order valence-corrected chi connectivity index (χ0v) is 16.0. The molecule has 0 spiro atoms. The van der Waals surface area contributed by atoms with Crippen LogP contribution in [0, 0.1) is 0 Å². The van der Waals surface area contributed by atoms with Gasteiger partial charge < -0.3 is 19.5 Å². The van der Waals surface area contributed by atoms with Gasteiger partial charge in [-0.3, -0.25) is 0 Å². The monoisotopic (exact) mass is 398 g/mol. The fourth-order valence-electron chi connectivity index (χ4n) is 3.09. The fraction of sp³-hybridized carbons (Fsp3) is 0.250. The normalized spacial score (nSPS) is 13.9. The number of anilines is 1. The van der Waals surface area contributed by atoms with Crippen LogP contribution in [0.2, 0.25) is 5.02 Å². The van der Waals surface area contributed by atoms with Gasteiger partial charge in [-0.25, -0.2) is 4.79 Å². The summed E-state index contributed by atoms with van der Waals surface area (Å²) in [5.74, 6) is 1.99. The second-order valence-corrected chi connectivity index (χ2v) is 7.02. The SMILES string of the molecule is COc1ccccc1Cc1noc(C2CN(C(=O)Nc3cccc(Cl)c3)C2)n1. The molecule has 1 aromatic heterocycles. The third-order valence-corrected chi connectivity index (χ3v) is 4.85. The van der Waals surface area contributed by atoms with Crippen molar-refractivity contribution >= 4 is 23.3 Å². The Hall–Kier alpha value is -3.06. The second kappa shape index (κ2) is 7.90. The summed E-state index contributed by atoms with van der Waals surface area (Å²) in [6.45, 7) is 1.06. The molecular formula is C20H19ClN4O3. The molecule has 2 amide bonds. The molecule has 0 atom stereocenters. The summed E-state index contributed by atoms with van der Waals surface area (Å²) >= 11 is 5.94. The first-order valence-electron chi connectivity index (χ1n) is 8.88. The highest BCUT2D eigenvalue weighted by Gasteiger charge is 2.35. The molecular weight excluding hydrogens is 380 g/mol. The van der Waals surface area contributed by atoms with Crippen molar-refractivity contribution in [2.24, 2.45) is 0 Å². The molecule has 1 fully saturated rings. The van der Waals surface area contributed by atoms with E-state index < -0.39 is 0 Å². The summed E-state index contributed by atoms with van der Waals surface area (Å²) in [7, 11) is 1.64.